The van der Waals surface area contributed by atoms with Crippen LogP contribution in [0.15, 0.2) is 24.4 Å². The highest BCUT2D eigenvalue weighted by Gasteiger charge is 2.23. The number of carbonyl (C=O) groups is 2. The summed E-state index contributed by atoms with van der Waals surface area (Å²) >= 11 is 0. The zero-order valence-electron chi connectivity index (χ0n) is 11.8. The van der Waals surface area contributed by atoms with Gasteiger partial charge < -0.3 is 9.67 Å². The maximum Gasteiger partial charge on any atom is 0.338 e. The summed E-state index contributed by atoms with van der Waals surface area (Å²) in [6, 6.07) is 5.38. The number of hydrogen-bond acceptors (Lipinski definition) is 3. The lowest BCUT2D eigenvalue weighted by Crippen LogP contribution is -2.04. The Morgan fingerprint density at radius 3 is 2.71 bits per heavy atom. The first-order valence-electron chi connectivity index (χ1n) is 6.43. The van der Waals surface area contributed by atoms with Gasteiger partial charge in [0.15, 0.2) is 6.29 Å². The SMILES string of the molecule is CCc1c(C(=O)O)c(C=O)n(C)c1C#Cc1ccccn1. The standard InChI is InChI=1S/C16H14N2O3/c1-3-12-13(8-7-11-6-4-5-9-17-11)18(2)14(10-19)15(12)16(20)21/h4-6,9-10H,3H2,1-2H3,(H,20,21). The van der Waals surface area contributed by atoms with Crippen LogP contribution in [0, 0.1) is 11.8 Å². The van der Waals surface area contributed by atoms with Gasteiger partial charge in [-0.25, -0.2) is 9.78 Å². The summed E-state index contributed by atoms with van der Waals surface area (Å²) in [6.07, 6.45) is 2.67. The lowest BCUT2D eigenvalue weighted by Gasteiger charge is -1.98. The van der Waals surface area contributed by atoms with Crippen LogP contribution in [-0.2, 0) is 13.5 Å². The Bertz CT molecular complexity index is 749. The van der Waals surface area contributed by atoms with Crippen LogP contribution >= 0.6 is 0 Å². The smallest absolute Gasteiger partial charge is 0.338 e. The predicted octanol–water partition coefficient (Wildman–Crippen LogP) is 1.89. The topological polar surface area (TPSA) is 72.2 Å². The third kappa shape index (κ3) is 2.70. The number of rotatable bonds is 3. The van der Waals surface area contributed by atoms with Gasteiger partial charge in [0.25, 0.3) is 0 Å². The van der Waals surface area contributed by atoms with Crippen molar-refractivity contribution in [2.75, 3.05) is 0 Å². The summed E-state index contributed by atoms with van der Waals surface area (Å²) < 4.78 is 1.52. The molecule has 0 aliphatic heterocycles. The van der Waals surface area contributed by atoms with Gasteiger partial charge in [0.2, 0.25) is 0 Å². The number of aromatic nitrogens is 2. The van der Waals surface area contributed by atoms with E-state index in [9.17, 15) is 14.7 Å². The molecular formula is C16H14N2O3. The van der Waals surface area contributed by atoms with Gasteiger partial charge in [-0.3, -0.25) is 4.79 Å². The van der Waals surface area contributed by atoms with Crippen LogP contribution in [0.25, 0.3) is 0 Å². The average Bonchev–Trinajstić information content (AvgIpc) is 2.77. The van der Waals surface area contributed by atoms with E-state index in [-0.39, 0.29) is 11.3 Å². The van der Waals surface area contributed by atoms with Gasteiger partial charge in [-0.05, 0) is 30.4 Å². The third-order valence-corrected chi connectivity index (χ3v) is 3.19. The van der Waals surface area contributed by atoms with E-state index >= 15 is 0 Å². The van der Waals surface area contributed by atoms with Gasteiger partial charge in [0.05, 0.1) is 17.0 Å². The summed E-state index contributed by atoms with van der Waals surface area (Å²) in [6.45, 7) is 1.84. The Hall–Kier alpha value is -2.87. The van der Waals surface area contributed by atoms with E-state index < -0.39 is 5.97 Å². The zero-order chi connectivity index (χ0) is 15.4. The molecule has 0 amide bonds. The van der Waals surface area contributed by atoms with Crippen molar-refractivity contribution < 1.29 is 14.7 Å². The lowest BCUT2D eigenvalue weighted by atomic mass is 10.1. The van der Waals surface area contributed by atoms with Gasteiger partial charge in [0, 0.05) is 18.8 Å². The number of aromatic carboxylic acids is 1. The molecule has 0 fully saturated rings. The predicted molar refractivity (Wildman–Crippen MR) is 77.4 cm³/mol. The first-order chi connectivity index (χ1) is 10.1. The van der Waals surface area contributed by atoms with Crippen molar-refractivity contribution in [3.63, 3.8) is 0 Å². The number of hydrogen-bond donors (Lipinski definition) is 1. The fourth-order valence-corrected chi connectivity index (χ4v) is 2.20. The van der Waals surface area contributed by atoms with E-state index in [0.717, 1.165) is 0 Å². The molecule has 0 radical (unpaired) electrons. The molecule has 1 N–H and O–H groups in total. The molecule has 2 aromatic rings. The minimum Gasteiger partial charge on any atom is -0.478 e. The molecule has 21 heavy (non-hydrogen) atoms. The summed E-state index contributed by atoms with van der Waals surface area (Å²) in [5.41, 5.74) is 1.84. The second-order valence-electron chi connectivity index (χ2n) is 4.39. The molecule has 0 saturated heterocycles. The van der Waals surface area contributed by atoms with Crippen LogP contribution < -0.4 is 0 Å². The van der Waals surface area contributed by atoms with Gasteiger partial charge >= 0.3 is 5.97 Å². The van der Waals surface area contributed by atoms with E-state index in [1.807, 2.05) is 13.0 Å². The molecule has 0 saturated carbocycles. The second-order valence-corrected chi connectivity index (χ2v) is 4.39. The number of carboxylic acids is 1. The first kappa shape index (κ1) is 14.5. The molecule has 0 atom stereocenters. The molecule has 5 nitrogen and oxygen atoms in total. The number of nitrogens with zero attached hydrogens (tertiary/aromatic N) is 2. The van der Waals surface area contributed by atoms with Crippen molar-refractivity contribution in [3.05, 3.63) is 52.6 Å². The number of carbonyl (C=O) groups excluding carboxylic acids is 1. The number of aldehydes is 1. The Balaban J connectivity index is 2.62. The zero-order valence-corrected chi connectivity index (χ0v) is 11.8. The van der Waals surface area contributed by atoms with Crippen LogP contribution in [0.5, 0.6) is 0 Å². The molecule has 2 aromatic heterocycles. The summed E-state index contributed by atoms with van der Waals surface area (Å²) in [5.74, 6) is 4.70. The van der Waals surface area contributed by atoms with Gasteiger partial charge in [-0.15, -0.1) is 0 Å². The Labute approximate surface area is 122 Å². The Morgan fingerprint density at radius 2 is 2.19 bits per heavy atom. The molecule has 0 aliphatic carbocycles. The number of pyridine rings is 1. The fourth-order valence-electron chi connectivity index (χ4n) is 2.20. The highest BCUT2D eigenvalue weighted by molar-refractivity contribution is 5.99. The van der Waals surface area contributed by atoms with E-state index in [4.69, 9.17) is 0 Å². The molecule has 2 heterocycles. The van der Waals surface area contributed by atoms with Gasteiger partial charge in [-0.1, -0.05) is 13.0 Å². The van der Waals surface area contributed by atoms with Crippen molar-refractivity contribution >= 4 is 12.3 Å². The fraction of sp³-hybridized carbons (Fsp3) is 0.188. The summed E-state index contributed by atoms with van der Waals surface area (Å²) in [4.78, 5) is 26.6. The average molecular weight is 282 g/mol. The molecule has 0 aromatic carbocycles. The van der Waals surface area contributed by atoms with E-state index in [1.165, 1.54) is 4.57 Å². The van der Waals surface area contributed by atoms with Gasteiger partial charge in [0.1, 0.15) is 5.69 Å². The molecule has 0 spiro atoms. The van der Waals surface area contributed by atoms with Crippen LogP contribution in [0.2, 0.25) is 0 Å². The van der Waals surface area contributed by atoms with Crippen LogP contribution in [0.4, 0.5) is 0 Å². The summed E-state index contributed by atoms with van der Waals surface area (Å²) in [7, 11) is 1.64. The van der Waals surface area contributed by atoms with E-state index in [1.54, 1.807) is 25.4 Å². The quantitative estimate of drug-likeness (QED) is 0.689. The second kappa shape index (κ2) is 6.06. The minimum absolute atomic E-state index is 0.0281. The molecule has 106 valence electrons. The van der Waals surface area contributed by atoms with Crippen LogP contribution in [0.3, 0.4) is 0 Å². The molecule has 2 rings (SSSR count). The Kier molecular flexibility index (Phi) is 4.19. The van der Waals surface area contributed by atoms with Crippen molar-refractivity contribution in [1.29, 1.82) is 0 Å². The van der Waals surface area contributed by atoms with Crippen molar-refractivity contribution in [3.8, 4) is 11.8 Å². The van der Waals surface area contributed by atoms with E-state index in [2.05, 4.69) is 16.8 Å². The Morgan fingerprint density at radius 1 is 1.43 bits per heavy atom. The lowest BCUT2D eigenvalue weighted by molar-refractivity contribution is 0.0692. The first-order valence-corrected chi connectivity index (χ1v) is 6.43. The minimum atomic E-state index is -1.12. The number of carboxylic acid groups (broad SMARTS) is 1. The van der Waals surface area contributed by atoms with Crippen molar-refractivity contribution in [1.82, 2.24) is 9.55 Å². The monoisotopic (exact) mass is 282 g/mol. The summed E-state index contributed by atoms with van der Waals surface area (Å²) in [5, 5.41) is 9.30. The maximum absolute atomic E-state index is 11.4. The molecule has 0 aliphatic rings. The highest BCUT2D eigenvalue weighted by Crippen LogP contribution is 2.21. The van der Waals surface area contributed by atoms with Crippen LogP contribution in [-0.4, -0.2) is 26.9 Å². The van der Waals surface area contributed by atoms with E-state index in [0.29, 0.717) is 29.7 Å². The molecule has 0 unspecified atom stereocenters. The molecule has 0 bridgehead atoms. The normalized spacial score (nSPS) is 9.81. The maximum atomic E-state index is 11.4. The molecule has 5 heteroatoms. The highest BCUT2D eigenvalue weighted by atomic mass is 16.4. The van der Waals surface area contributed by atoms with Crippen molar-refractivity contribution in [2.24, 2.45) is 7.05 Å². The van der Waals surface area contributed by atoms with Gasteiger partial charge in [-0.2, -0.15) is 0 Å². The van der Waals surface area contributed by atoms with Crippen LogP contribution in [0.1, 0.15) is 44.7 Å². The molecular weight excluding hydrogens is 268 g/mol. The van der Waals surface area contributed by atoms with Crippen molar-refractivity contribution in [2.45, 2.75) is 13.3 Å². The largest absolute Gasteiger partial charge is 0.478 e. The third-order valence-electron chi connectivity index (χ3n) is 3.19.